The quantitative estimate of drug-likeness (QED) is 0.873. The molecule has 2 rings (SSSR count). The van der Waals surface area contributed by atoms with Crippen molar-refractivity contribution < 1.29 is 19.4 Å². The molecule has 0 aliphatic carbocycles. The molecule has 0 radical (unpaired) electrons. The summed E-state index contributed by atoms with van der Waals surface area (Å²) in [5, 5.41) is 11.0. The first-order valence-corrected chi connectivity index (χ1v) is 6.78. The Kier molecular flexibility index (Phi) is 3.73. The van der Waals surface area contributed by atoms with Crippen LogP contribution in [0.15, 0.2) is 17.5 Å². The summed E-state index contributed by atoms with van der Waals surface area (Å²) in [6.07, 6.45) is 0. The van der Waals surface area contributed by atoms with E-state index in [0.717, 1.165) is 16.2 Å². The van der Waals surface area contributed by atoms with Crippen molar-refractivity contribution in [2.75, 3.05) is 6.61 Å². The summed E-state index contributed by atoms with van der Waals surface area (Å²) in [6, 6.07) is 3.61. The van der Waals surface area contributed by atoms with Crippen LogP contribution in [0.5, 0.6) is 0 Å². The van der Waals surface area contributed by atoms with E-state index in [0.29, 0.717) is 4.88 Å². The van der Waals surface area contributed by atoms with Gasteiger partial charge in [-0.15, -0.1) is 22.7 Å². The van der Waals surface area contributed by atoms with Gasteiger partial charge in [0.05, 0.1) is 11.5 Å². The predicted octanol–water partition coefficient (Wildman–Crippen LogP) is 2.75. The second-order valence-corrected chi connectivity index (χ2v) is 5.15. The number of carboxylic acid groups (broad SMARTS) is 1. The van der Waals surface area contributed by atoms with E-state index >= 15 is 0 Å². The average molecular weight is 283 g/mol. The second kappa shape index (κ2) is 5.28. The van der Waals surface area contributed by atoms with E-state index in [1.54, 1.807) is 13.0 Å². The summed E-state index contributed by atoms with van der Waals surface area (Å²) in [6.45, 7) is 1.92. The van der Waals surface area contributed by atoms with Crippen LogP contribution < -0.4 is 0 Å². The standard InChI is InChI=1S/C11H9NO4S2/c1-2-16-11(15)9-12-7(10(13)14)8(18-9)6-4-3-5-17-6/h3-5H,2H2,1H3,(H,13,14). The molecular weight excluding hydrogens is 274 g/mol. The first kappa shape index (κ1) is 12.7. The van der Waals surface area contributed by atoms with E-state index in [-0.39, 0.29) is 17.3 Å². The fourth-order valence-electron chi connectivity index (χ4n) is 1.32. The summed E-state index contributed by atoms with van der Waals surface area (Å²) in [5.41, 5.74) is -0.106. The highest BCUT2D eigenvalue weighted by Crippen LogP contribution is 2.33. The number of carboxylic acids is 1. The Hall–Kier alpha value is -1.73. The molecule has 18 heavy (non-hydrogen) atoms. The van der Waals surface area contributed by atoms with E-state index in [1.165, 1.54) is 11.3 Å². The molecule has 5 nitrogen and oxygen atoms in total. The highest BCUT2D eigenvalue weighted by atomic mass is 32.1. The number of hydrogen-bond acceptors (Lipinski definition) is 6. The lowest BCUT2D eigenvalue weighted by Crippen LogP contribution is -2.05. The van der Waals surface area contributed by atoms with Gasteiger partial charge in [0.25, 0.3) is 0 Å². The van der Waals surface area contributed by atoms with Crippen LogP contribution in [0.1, 0.15) is 27.2 Å². The molecule has 0 aromatic carbocycles. The van der Waals surface area contributed by atoms with Gasteiger partial charge in [-0.05, 0) is 18.4 Å². The van der Waals surface area contributed by atoms with Gasteiger partial charge in [-0.1, -0.05) is 6.07 Å². The Balaban J connectivity index is 2.45. The third-order valence-corrected chi connectivity index (χ3v) is 4.11. The molecule has 2 aromatic rings. The number of thiophene rings is 1. The van der Waals surface area contributed by atoms with Crippen molar-refractivity contribution in [3.63, 3.8) is 0 Å². The molecule has 0 amide bonds. The molecule has 0 fully saturated rings. The first-order valence-electron chi connectivity index (χ1n) is 5.08. The SMILES string of the molecule is CCOC(=O)c1nc(C(=O)O)c(-c2cccs2)s1. The number of thiazole rings is 1. The number of ether oxygens (including phenoxy) is 1. The number of carbonyl (C=O) groups excluding carboxylic acids is 1. The predicted molar refractivity (Wildman–Crippen MR) is 68.3 cm³/mol. The molecule has 7 heteroatoms. The second-order valence-electron chi connectivity index (χ2n) is 3.20. The van der Waals surface area contributed by atoms with Crippen molar-refractivity contribution in [1.82, 2.24) is 4.98 Å². The number of esters is 1. The number of aromatic nitrogens is 1. The zero-order valence-electron chi connectivity index (χ0n) is 9.37. The minimum Gasteiger partial charge on any atom is -0.476 e. The molecule has 0 bridgehead atoms. The molecule has 0 atom stereocenters. The Morgan fingerprint density at radius 1 is 1.50 bits per heavy atom. The molecular formula is C11H9NO4S2. The lowest BCUT2D eigenvalue weighted by Gasteiger charge is -1.95. The maximum absolute atomic E-state index is 11.5. The minimum absolute atomic E-state index is 0.0673. The van der Waals surface area contributed by atoms with Gasteiger partial charge < -0.3 is 9.84 Å². The molecule has 0 aliphatic rings. The van der Waals surface area contributed by atoms with Gasteiger partial charge in [0, 0.05) is 4.88 Å². The Morgan fingerprint density at radius 2 is 2.28 bits per heavy atom. The van der Waals surface area contributed by atoms with E-state index < -0.39 is 11.9 Å². The van der Waals surface area contributed by atoms with Crippen LogP contribution in [0.25, 0.3) is 9.75 Å². The van der Waals surface area contributed by atoms with E-state index in [1.807, 2.05) is 11.4 Å². The van der Waals surface area contributed by atoms with Gasteiger partial charge in [-0.3, -0.25) is 0 Å². The van der Waals surface area contributed by atoms with Crippen molar-refractivity contribution in [3.8, 4) is 9.75 Å². The van der Waals surface area contributed by atoms with Gasteiger partial charge in [0.2, 0.25) is 5.01 Å². The summed E-state index contributed by atoms with van der Waals surface area (Å²) in [5.74, 6) is -1.74. The Morgan fingerprint density at radius 3 is 2.83 bits per heavy atom. The number of hydrogen-bond donors (Lipinski definition) is 1. The molecule has 2 aromatic heterocycles. The van der Waals surface area contributed by atoms with Crippen LogP contribution >= 0.6 is 22.7 Å². The summed E-state index contributed by atoms with van der Waals surface area (Å²) in [4.78, 5) is 27.7. The van der Waals surface area contributed by atoms with Crippen LogP contribution in [-0.4, -0.2) is 28.6 Å². The van der Waals surface area contributed by atoms with Crippen LogP contribution in [0.2, 0.25) is 0 Å². The lowest BCUT2D eigenvalue weighted by molar-refractivity contribution is 0.0526. The van der Waals surface area contributed by atoms with E-state index in [4.69, 9.17) is 9.84 Å². The van der Waals surface area contributed by atoms with E-state index in [2.05, 4.69) is 4.98 Å². The van der Waals surface area contributed by atoms with Gasteiger partial charge in [-0.25, -0.2) is 14.6 Å². The van der Waals surface area contributed by atoms with Gasteiger partial charge in [0.15, 0.2) is 5.69 Å². The number of carbonyl (C=O) groups is 2. The van der Waals surface area contributed by atoms with Gasteiger partial charge in [-0.2, -0.15) is 0 Å². The molecule has 0 saturated heterocycles. The zero-order chi connectivity index (χ0) is 13.1. The highest BCUT2D eigenvalue weighted by Gasteiger charge is 2.23. The monoisotopic (exact) mass is 283 g/mol. The molecule has 0 spiro atoms. The molecule has 0 aliphatic heterocycles. The molecule has 2 heterocycles. The fourth-order valence-corrected chi connectivity index (χ4v) is 3.12. The zero-order valence-corrected chi connectivity index (χ0v) is 11.0. The Labute approximate surface area is 111 Å². The van der Waals surface area contributed by atoms with Crippen LogP contribution in [0.3, 0.4) is 0 Å². The number of nitrogens with zero attached hydrogens (tertiary/aromatic N) is 1. The van der Waals surface area contributed by atoms with Gasteiger partial charge >= 0.3 is 11.9 Å². The van der Waals surface area contributed by atoms with Crippen LogP contribution in [-0.2, 0) is 4.74 Å². The Bertz CT molecular complexity index is 574. The van der Waals surface area contributed by atoms with Crippen molar-refractivity contribution >= 4 is 34.6 Å². The molecule has 0 saturated carbocycles. The maximum atomic E-state index is 11.5. The summed E-state index contributed by atoms with van der Waals surface area (Å²) < 4.78 is 4.81. The van der Waals surface area contributed by atoms with Crippen molar-refractivity contribution in [2.45, 2.75) is 6.92 Å². The van der Waals surface area contributed by atoms with Crippen LogP contribution in [0.4, 0.5) is 0 Å². The third-order valence-electron chi connectivity index (χ3n) is 2.02. The van der Waals surface area contributed by atoms with Crippen molar-refractivity contribution in [1.29, 1.82) is 0 Å². The van der Waals surface area contributed by atoms with Crippen LogP contribution in [0, 0.1) is 0 Å². The highest BCUT2D eigenvalue weighted by molar-refractivity contribution is 7.22. The third kappa shape index (κ3) is 2.41. The summed E-state index contributed by atoms with van der Waals surface area (Å²) >= 11 is 2.44. The normalized spacial score (nSPS) is 10.3. The molecule has 94 valence electrons. The largest absolute Gasteiger partial charge is 0.476 e. The lowest BCUT2D eigenvalue weighted by atomic mass is 10.3. The average Bonchev–Trinajstić information content (AvgIpc) is 2.98. The maximum Gasteiger partial charge on any atom is 0.367 e. The number of aromatic carboxylic acids is 1. The molecule has 1 N–H and O–H groups in total. The smallest absolute Gasteiger partial charge is 0.367 e. The van der Waals surface area contributed by atoms with Crippen molar-refractivity contribution in [2.24, 2.45) is 0 Å². The topological polar surface area (TPSA) is 76.5 Å². The minimum atomic E-state index is -1.15. The van der Waals surface area contributed by atoms with E-state index in [9.17, 15) is 9.59 Å². The van der Waals surface area contributed by atoms with Gasteiger partial charge in [0.1, 0.15) is 0 Å². The fraction of sp³-hybridized carbons (Fsp3) is 0.182. The number of rotatable bonds is 4. The molecule has 0 unspecified atom stereocenters. The summed E-state index contributed by atoms with van der Waals surface area (Å²) in [7, 11) is 0. The first-order chi connectivity index (χ1) is 8.63. The van der Waals surface area contributed by atoms with Crippen molar-refractivity contribution in [3.05, 3.63) is 28.2 Å².